The molecule has 0 spiro atoms. The van der Waals surface area contributed by atoms with Crippen LogP contribution in [0.4, 0.5) is 4.79 Å². The maximum absolute atomic E-state index is 12.0. The Morgan fingerprint density at radius 3 is 2.41 bits per heavy atom. The quantitative estimate of drug-likeness (QED) is 0.810. The van der Waals surface area contributed by atoms with Gasteiger partial charge in [0.05, 0.1) is 13.1 Å². The topological polar surface area (TPSA) is 45.2 Å². The molecule has 2 fully saturated rings. The first-order valence-electron chi connectivity index (χ1n) is 9.84. The molecule has 1 aromatic carbocycles. The van der Waals surface area contributed by atoms with Crippen molar-refractivity contribution < 1.29 is 14.3 Å². The van der Waals surface area contributed by atoms with Crippen molar-refractivity contribution in [1.29, 1.82) is 0 Å². The van der Waals surface area contributed by atoms with Crippen LogP contribution in [0.25, 0.3) is 0 Å². The van der Waals surface area contributed by atoms with Gasteiger partial charge in [-0.1, -0.05) is 12.1 Å². The number of hydrogen-bond acceptors (Lipinski definition) is 5. The second kappa shape index (κ2) is 8.07. The monoisotopic (exact) mass is 375 g/mol. The third-order valence-corrected chi connectivity index (χ3v) is 5.03. The zero-order valence-electron chi connectivity index (χ0n) is 17.3. The van der Waals surface area contributed by atoms with Crippen molar-refractivity contribution in [2.75, 3.05) is 46.3 Å². The Labute approximate surface area is 163 Å². The first-order valence-corrected chi connectivity index (χ1v) is 9.84. The molecule has 1 amide bonds. The molecular weight excluding hydrogens is 342 g/mol. The summed E-state index contributed by atoms with van der Waals surface area (Å²) in [5, 5.41) is 0. The average Bonchev–Trinajstić information content (AvgIpc) is 2.52. The molecule has 2 saturated heterocycles. The van der Waals surface area contributed by atoms with Gasteiger partial charge in [0.2, 0.25) is 0 Å². The van der Waals surface area contributed by atoms with Crippen LogP contribution in [0, 0.1) is 6.92 Å². The van der Waals surface area contributed by atoms with Gasteiger partial charge in [0.25, 0.3) is 0 Å². The third kappa shape index (κ3) is 5.59. The zero-order chi connectivity index (χ0) is 19.6. The predicted molar refractivity (Wildman–Crippen MR) is 106 cm³/mol. The Morgan fingerprint density at radius 1 is 1.15 bits per heavy atom. The summed E-state index contributed by atoms with van der Waals surface area (Å²) in [6.07, 6.45) is -0.221. The Morgan fingerprint density at radius 2 is 1.81 bits per heavy atom. The lowest BCUT2D eigenvalue weighted by atomic mass is 10.1. The van der Waals surface area contributed by atoms with Crippen molar-refractivity contribution >= 4 is 6.09 Å². The number of hydrogen-bond donors (Lipinski definition) is 0. The van der Waals surface area contributed by atoms with Gasteiger partial charge in [0.1, 0.15) is 17.5 Å². The van der Waals surface area contributed by atoms with Gasteiger partial charge in [-0.25, -0.2) is 4.79 Å². The Hall–Kier alpha value is -1.79. The average molecular weight is 376 g/mol. The van der Waals surface area contributed by atoms with Gasteiger partial charge >= 0.3 is 6.09 Å². The Kier molecular flexibility index (Phi) is 5.96. The molecule has 6 nitrogen and oxygen atoms in total. The first kappa shape index (κ1) is 20.0. The fourth-order valence-electron chi connectivity index (χ4n) is 3.37. The number of rotatable bonds is 4. The lowest BCUT2D eigenvalue weighted by Crippen LogP contribution is -2.57. The number of nitrogens with zero attached hydrogens (tertiary/aromatic N) is 3. The summed E-state index contributed by atoms with van der Waals surface area (Å²) in [5.74, 6) is 0.908. The molecule has 150 valence electrons. The van der Waals surface area contributed by atoms with E-state index in [1.54, 1.807) is 4.90 Å². The summed E-state index contributed by atoms with van der Waals surface area (Å²) >= 11 is 0. The van der Waals surface area contributed by atoms with Gasteiger partial charge in [-0.05, 0) is 51.9 Å². The largest absolute Gasteiger partial charge is 0.486 e. The highest BCUT2D eigenvalue weighted by Crippen LogP contribution is 2.25. The van der Waals surface area contributed by atoms with Crippen LogP contribution in [0.2, 0.25) is 0 Å². The number of aryl methyl sites for hydroxylation is 1. The van der Waals surface area contributed by atoms with Crippen LogP contribution in [0.15, 0.2) is 18.2 Å². The smallest absolute Gasteiger partial charge is 0.410 e. The minimum Gasteiger partial charge on any atom is -0.486 e. The molecule has 2 aliphatic heterocycles. The predicted octanol–water partition coefficient (Wildman–Crippen LogP) is 2.74. The molecule has 0 aromatic heterocycles. The van der Waals surface area contributed by atoms with Crippen LogP contribution >= 0.6 is 0 Å². The van der Waals surface area contributed by atoms with Crippen LogP contribution in [0.3, 0.4) is 0 Å². The van der Waals surface area contributed by atoms with Crippen LogP contribution in [0.5, 0.6) is 5.75 Å². The highest BCUT2D eigenvalue weighted by Gasteiger charge is 2.35. The fraction of sp³-hybridized carbons (Fsp3) is 0.667. The summed E-state index contributed by atoms with van der Waals surface area (Å²) in [6.45, 7) is 14.4. The number of carbonyl (C=O) groups excluding carboxylic acids is 1. The van der Waals surface area contributed by atoms with Gasteiger partial charge in [-0.3, -0.25) is 4.90 Å². The molecular formula is C21H33N3O3. The van der Waals surface area contributed by atoms with Crippen molar-refractivity contribution in [2.45, 2.75) is 45.9 Å². The molecule has 0 bridgehead atoms. The van der Waals surface area contributed by atoms with Crippen molar-refractivity contribution in [3.05, 3.63) is 29.3 Å². The molecule has 2 aliphatic rings. The summed E-state index contributed by atoms with van der Waals surface area (Å²) in [7, 11) is 2.18. The van der Waals surface area contributed by atoms with E-state index in [1.807, 2.05) is 20.8 Å². The molecule has 27 heavy (non-hydrogen) atoms. The molecule has 0 atom stereocenters. The maximum atomic E-state index is 12.0. The molecule has 0 unspecified atom stereocenters. The number of carbonyl (C=O) groups is 1. The van der Waals surface area contributed by atoms with E-state index in [0.29, 0.717) is 13.1 Å². The van der Waals surface area contributed by atoms with E-state index in [-0.39, 0.29) is 12.2 Å². The summed E-state index contributed by atoms with van der Waals surface area (Å²) in [6, 6.07) is 6.44. The first-order chi connectivity index (χ1) is 12.7. The third-order valence-electron chi connectivity index (χ3n) is 5.03. The Bertz CT molecular complexity index is 657. The van der Waals surface area contributed by atoms with E-state index >= 15 is 0 Å². The van der Waals surface area contributed by atoms with Crippen molar-refractivity contribution in [3.63, 3.8) is 0 Å². The van der Waals surface area contributed by atoms with Gasteiger partial charge < -0.3 is 19.3 Å². The highest BCUT2D eigenvalue weighted by molar-refractivity contribution is 5.69. The van der Waals surface area contributed by atoms with E-state index in [9.17, 15) is 4.79 Å². The molecule has 0 N–H and O–H groups in total. The number of amides is 1. The standard InChI is InChI=1S/C21H33N3O3/c1-16-12-17(13-23-10-8-22(5)9-11-23)6-7-19(16)26-18-14-24(15-18)20(25)27-21(2,3)4/h6-7,12,18H,8-11,13-15H2,1-5H3. The minimum atomic E-state index is -0.459. The van der Waals surface area contributed by atoms with E-state index in [2.05, 4.69) is 42.0 Å². The maximum Gasteiger partial charge on any atom is 0.410 e. The molecule has 1 aromatic rings. The van der Waals surface area contributed by atoms with Gasteiger partial charge in [-0.15, -0.1) is 0 Å². The molecule has 6 heteroatoms. The molecule has 3 rings (SSSR count). The van der Waals surface area contributed by atoms with Crippen molar-refractivity contribution in [3.8, 4) is 5.75 Å². The Balaban J connectivity index is 1.47. The SMILES string of the molecule is Cc1cc(CN2CCN(C)CC2)ccc1OC1CN(C(=O)OC(C)(C)C)C1. The van der Waals surface area contributed by atoms with Gasteiger partial charge in [-0.2, -0.15) is 0 Å². The van der Waals surface area contributed by atoms with Crippen LogP contribution < -0.4 is 4.74 Å². The lowest BCUT2D eigenvalue weighted by Gasteiger charge is -2.39. The summed E-state index contributed by atoms with van der Waals surface area (Å²) < 4.78 is 11.5. The zero-order valence-corrected chi connectivity index (χ0v) is 17.3. The normalized spacial score (nSPS) is 19.7. The molecule has 2 heterocycles. The number of likely N-dealkylation sites (N-methyl/N-ethyl adjacent to an activating group) is 1. The van der Waals surface area contributed by atoms with E-state index < -0.39 is 5.60 Å². The molecule has 0 saturated carbocycles. The van der Waals surface area contributed by atoms with Crippen LogP contribution in [-0.2, 0) is 11.3 Å². The highest BCUT2D eigenvalue weighted by atomic mass is 16.6. The van der Waals surface area contributed by atoms with Crippen LogP contribution in [-0.4, -0.2) is 78.8 Å². The fourth-order valence-corrected chi connectivity index (χ4v) is 3.37. The number of ether oxygens (including phenoxy) is 2. The molecule has 0 aliphatic carbocycles. The van der Waals surface area contributed by atoms with Crippen molar-refractivity contribution in [2.24, 2.45) is 0 Å². The minimum absolute atomic E-state index is 0.0414. The summed E-state index contributed by atoms with van der Waals surface area (Å²) in [5.41, 5.74) is 2.02. The van der Waals surface area contributed by atoms with Crippen molar-refractivity contribution in [1.82, 2.24) is 14.7 Å². The molecule has 0 radical (unpaired) electrons. The van der Waals surface area contributed by atoms with Crippen LogP contribution in [0.1, 0.15) is 31.9 Å². The number of likely N-dealkylation sites (tertiary alicyclic amines) is 1. The van der Waals surface area contributed by atoms with Gasteiger partial charge in [0, 0.05) is 32.7 Å². The number of benzene rings is 1. The van der Waals surface area contributed by atoms with E-state index in [4.69, 9.17) is 9.47 Å². The number of piperazine rings is 1. The van der Waals surface area contributed by atoms with E-state index in [1.165, 1.54) is 5.56 Å². The lowest BCUT2D eigenvalue weighted by molar-refractivity contribution is -0.0222. The van der Waals surface area contributed by atoms with E-state index in [0.717, 1.165) is 44.0 Å². The summed E-state index contributed by atoms with van der Waals surface area (Å²) in [4.78, 5) is 18.6. The van der Waals surface area contributed by atoms with Gasteiger partial charge in [0.15, 0.2) is 0 Å². The second-order valence-corrected chi connectivity index (χ2v) is 8.80. The second-order valence-electron chi connectivity index (χ2n) is 8.80.